The number of hydrogen-bond acceptors (Lipinski definition) is 8. The Hall–Kier alpha value is -4.15. The third-order valence-electron chi connectivity index (χ3n) is 4.60. The molecule has 1 unspecified atom stereocenters. The van der Waals surface area contributed by atoms with Crippen LogP contribution in [0.25, 0.3) is 5.95 Å². The van der Waals surface area contributed by atoms with Crippen LogP contribution in [-0.2, 0) is 16.1 Å². The van der Waals surface area contributed by atoms with Crippen molar-refractivity contribution >= 4 is 17.6 Å². The van der Waals surface area contributed by atoms with Crippen molar-refractivity contribution < 1.29 is 19.1 Å². The van der Waals surface area contributed by atoms with Gasteiger partial charge in [0.25, 0.3) is 0 Å². The van der Waals surface area contributed by atoms with E-state index in [1.54, 1.807) is 41.6 Å². The lowest BCUT2D eigenvalue weighted by atomic mass is 10.1. The summed E-state index contributed by atoms with van der Waals surface area (Å²) in [5.74, 6) is 1.37. The molecule has 4 rings (SSSR count). The van der Waals surface area contributed by atoms with Crippen LogP contribution in [0.15, 0.2) is 49.2 Å². The van der Waals surface area contributed by atoms with Crippen molar-refractivity contribution in [2.24, 2.45) is 5.73 Å². The van der Waals surface area contributed by atoms with Gasteiger partial charge >= 0.3 is 0 Å². The largest absolute Gasteiger partial charge is 0.454 e. The Morgan fingerprint density at radius 1 is 1.19 bits per heavy atom. The molecule has 2 aromatic heterocycles. The number of rotatable bonds is 9. The SMILES string of the molecule is NC(=O)CCC(Nc1ccnc(-n2ccnc2)n1)C(=O)NCc1ccc2c(c1)OCO2. The van der Waals surface area contributed by atoms with E-state index < -0.39 is 11.9 Å². The van der Waals surface area contributed by atoms with Crippen molar-refractivity contribution in [1.82, 2.24) is 24.8 Å². The standard InChI is InChI=1S/C20H21N7O4/c21-17(28)4-2-14(25-18-5-6-23-20(26-18)27-8-7-22-11-27)19(29)24-10-13-1-3-15-16(9-13)31-12-30-15/h1,3,5-9,11,14H,2,4,10,12H2,(H2,21,28)(H,24,29)(H,23,25,26). The number of carbonyl (C=O) groups excluding carboxylic acids is 2. The molecule has 0 bridgehead atoms. The van der Waals surface area contributed by atoms with Gasteiger partial charge < -0.3 is 25.8 Å². The Balaban J connectivity index is 1.43. The molecule has 1 aromatic carbocycles. The Kier molecular flexibility index (Phi) is 5.92. The molecule has 4 N–H and O–H groups in total. The second-order valence-corrected chi connectivity index (χ2v) is 6.82. The second kappa shape index (κ2) is 9.11. The predicted octanol–water partition coefficient (Wildman–Crippen LogP) is 0.753. The molecule has 11 nitrogen and oxygen atoms in total. The van der Waals surface area contributed by atoms with Crippen LogP contribution in [-0.4, -0.2) is 44.2 Å². The van der Waals surface area contributed by atoms with Crippen LogP contribution in [0.5, 0.6) is 11.5 Å². The summed E-state index contributed by atoms with van der Waals surface area (Å²) in [5, 5.41) is 5.93. The van der Waals surface area contributed by atoms with E-state index in [-0.39, 0.29) is 32.1 Å². The van der Waals surface area contributed by atoms with E-state index in [2.05, 4.69) is 25.6 Å². The second-order valence-electron chi connectivity index (χ2n) is 6.82. The minimum absolute atomic E-state index is 0.0502. The van der Waals surface area contributed by atoms with Crippen LogP contribution in [0.2, 0.25) is 0 Å². The number of imidazole rings is 1. The summed E-state index contributed by atoms with van der Waals surface area (Å²) in [6, 6.07) is 6.39. The Bertz CT molecular complexity index is 1070. The van der Waals surface area contributed by atoms with Crippen molar-refractivity contribution in [3.05, 3.63) is 54.7 Å². The van der Waals surface area contributed by atoms with E-state index in [4.69, 9.17) is 15.2 Å². The number of benzene rings is 1. The molecule has 1 aliphatic heterocycles. The number of hydrogen-bond donors (Lipinski definition) is 3. The lowest BCUT2D eigenvalue weighted by Crippen LogP contribution is -2.40. The van der Waals surface area contributed by atoms with Crippen LogP contribution in [0, 0.1) is 0 Å². The number of nitrogens with two attached hydrogens (primary N) is 1. The maximum atomic E-state index is 12.8. The van der Waals surface area contributed by atoms with Crippen molar-refractivity contribution in [1.29, 1.82) is 0 Å². The van der Waals surface area contributed by atoms with Gasteiger partial charge in [0.05, 0.1) is 0 Å². The van der Waals surface area contributed by atoms with Gasteiger partial charge in [-0.3, -0.25) is 14.2 Å². The van der Waals surface area contributed by atoms with E-state index in [1.807, 2.05) is 12.1 Å². The molecule has 160 valence electrons. The fraction of sp³-hybridized carbons (Fsp3) is 0.250. The number of amides is 2. The number of carbonyl (C=O) groups is 2. The Morgan fingerprint density at radius 3 is 2.87 bits per heavy atom. The summed E-state index contributed by atoms with van der Waals surface area (Å²) >= 11 is 0. The highest BCUT2D eigenvalue weighted by molar-refractivity contribution is 5.85. The number of nitrogens with one attached hydrogen (secondary N) is 2. The van der Waals surface area contributed by atoms with Gasteiger partial charge in [-0.25, -0.2) is 9.97 Å². The topological polar surface area (TPSA) is 146 Å². The van der Waals surface area contributed by atoms with Crippen molar-refractivity contribution in [2.75, 3.05) is 12.1 Å². The minimum Gasteiger partial charge on any atom is -0.454 e. The van der Waals surface area contributed by atoms with Gasteiger partial charge in [0, 0.05) is 31.6 Å². The highest BCUT2D eigenvalue weighted by atomic mass is 16.7. The molecule has 0 spiro atoms. The molecule has 1 aliphatic rings. The average molecular weight is 423 g/mol. The zero-order chi connectivity index (χ0) is 21.6. The summed E-state index contributed by atoms with van der Waals surface area (Å²) in [6.45, 7) is 0.471. The fourth-order valence-electron chi connectivity index (χ4n) is 3.03. The zero-order valence-electron chi connectivity index (χ0n) is 16.5. The molecule has 31 heavy (non-hydrogen) atoms. The number of anilines is 1. The quantitative estimate of drug-likeness (QED) is 0.457. The molecule has 0 saturated heterocycles. The smallest absolute Gasteiger partial charge is 0.242 e. The maximum absolute atomic E-state index is 12.8. The van der Waals surface area contributed by atoms with Crippen LogP contribution >= 0.6 is 0 Å². The number of nitrogens with zero attached hydrogens (tertiary/aromatic N) is 4. The molecule has 0 fully saturated rings. The normalized spacial score (nSPS) is 12.9. The third kappa shape index (κ3) is 5.07. The van der Waals surface area contributed by atoms with Gasteiger partial charge in [-0.1, -0.05) is 6.07 Å². The van der Waals surface area contributed by atoms with Gasteiger partial charge in [0.15, 0.2) is 11.5 Å². The minimum atomic E-state index is -0.716. The third-order valence-corrected chi connectivity index (χ3v) is 4.60. The van der Waals surface area contributed by atoms with Gasteiger partial charge in [-0.05, 0) is 30.2 Å². The van der Waals surface area contributed by atoms with Crippen LogP contribution in [0.3, 0.4) is 0 Å². The zero-order valence-corrected chi connectivity index (χ0v) is 16.5. The monoisotopic (exact) mass is 423 g/mol. The molecule has 0 radical (unpaired) electrons. The van der Waals surface area contributed by atoms with Gasteiger partial charge in [-0.2, -0.15) is 4.98 Å². The first-order valence-corrected chi connectivity index (χ1v) is 9.61. The van der Waals surface area contributed by atoms with Crippen LogP contribution in [0.4, 0.5) is 5.82 Å². The van der Waals surface area contributed by atoms with E-state index in [0.717, 1.165) is 5.56 Å². The molecule has 0 saturated carbocycles. The summed E-state index contributed by atoms with van der Waals surface area (Å²) in [4.78, 5) is 36.7. The first kappa shape index (κ1) is 20.1. The Morgan fingerprint density at radius 2 is 2.06 bits per heavy atom. The molecule has 11 heteroatoms. The van der Waals surface area contributed by atoms with Gasteiger partial charge in [0.2, 0.25) is 24.6 Å². The van der Waals surface area contributed by atoms with Gasteiger partial charge in [-0.15, -0.1) is 0 Å². The molecular weight excluding hydrogens is 402 g/mol. The van der Waals surface area contributed by atoms with E-state index in [9.17, 15) is 9.59 Å². The molecule has 2 amide bonds. The van der Waals surface area contributed by atoms with E-state index >= 15 is 0 Å². The lowest BCUT2D eigenvalue weighted by molar-refractivity contribution is -0.122. The number of primary amides is 1. The molecular formula is C20H21N7O4. The molecule has 3 heterocycles. The van der Waals surface area contributed by atoms with Crippen LogP contribution < -0.4 is 25.8 Å². The van der Waals surface area contributed by atoms with Crippen LogP contribution in [0.1, 0.15) is 18.4 Å². The fourth-order valence-corrected chi connectivity index (χ4v) is 3.03. The summed E-state index contributed by atoms with van der Waals surface area (Å²) in [7, 11) is 0. The predicted molar refractivity (Wildman–Crippen MR) is 109 cm³/mol. The van der Waals surface area contributed by atoms with E-state index in [1.165, 1.54) is 0 Å². The number of aromatic nitrogens is 4. The van der Waals surface area contributed by atoms with Crippen molar-refractivity contribution in [3.63, 3.8) is 0 Å². The highest BCUT2D eigenvalue weighted by Crippen LogP contribution is 2.32. The first-order valence-electron chi connectivity index (χ1n) is 9.61. The summed E-state index contributed by atoms with van der Waals surface area (Å²) in [5.41, 5.74) is 6.14. The van der Waals surface area contributed by atoms with E-state index in [0.29, 0.717) is 23.3 Å². The number of ether oxygens (including phenoxy) is 2. The van der Waals surface area contributed by atoms with Crippen molar-refractivity contribution in [3.8, 4) is 17.4 Å². The average Bonchev–Trinajstić information content (AvgIpc) is 3.46. The summed E-state index contributed by atoms with van der Waals surface area (Å²) in [6.07, 6.45) is 6.73. The lowest BCUT2D eigenvalue weighted by Gasteiger charge is -2.19. The van der Waals surface area contributed by atoms with Crippen molar-refractivity contribution in [2.45, 2.75) is 25.4 Å². The molecule has 1 atom stereocenters. The van der Waals surface area contributed by atoms with Gasteiger partial charge in [0.1, 0.15) is 18.2 Å². The number of fused-ring (bicyclic) bond motifs is 1. The maximum Gasteiger partial charge on any atom is 0.242 e. The highest BCUT2D eigenvalue weighted by Gasteiger charge is 2.20. The molecule has 0 aliphatic carbocycles. The molecule has 3 aromatic rings. The Labute approximate surface area is 177 Å². The first-order chi connectivity index (χ1) is 15.1. The summed E-state index contributed by atoms with van der Waals surface area (Å²) < 4.78 is 12.3.